The molecule has 3 heterocycles. The largest absolute Gasteiger partial charge is 0.377 e. The highest BCUT2D eigenvalue weighted by Crippen LogP contribution is 2.19. The van der Waals surface area contributed by atoms with Gasteiger partial charge in [-0.3, -0.25) is 0 Å². The molecule has 106 valence electrons. The Morgan fingerprint density at radius 1 is 1.25 bits per heavy atom. The second kappa shape index (κ2) is 6.22. The number of nitrogens with one attached hydrogen (secondary N) is 1. The maximum absolute atomic E-state index is 4.57. The number of hydrogen-bond donors (Lipinski definition) is 1. The number of anilines is 2. The van der Waals surface area contributed by atoms with Crippen molar-refractivity contribution in [2.45, 2.75) is 32.7 Å². The zero-order chi connectivity index (χ0) is 13.8. The number of aryl methyl sites for hydroxylation is 1. The predicted octanol–water partition coefficient (Wildman–Crippen LogP) is 3.45. The Hall–Kier alpha value is -1.62. The van der Waals surface area contributed by atoms with Crippen molar-refractivity contribution >= 4 is 22.8 Å². The van der Waals surface area contributed by atoms with Gasteiger partial charge in [-0.2, -0.15) is 0 Å². The standard InChI is InChI=1S/C15H20N4S/c1-12-11-20-15(18-12)10-16-13-5-6-14(17-9-13)19-7-3-2-4-8-19/h5-6,9,11,16H,2-4,7-8,10H2,1H3. The number of hydrogen-bond acceptors (Lipinski definition) is 5. The topological polar surface area (TPSA) is 41.0 Å². The lowest BCUT2D eigenvalue weighted by Crippen LogP contribution is -2.30. The van der Waals surface area contributed by atoms with Crippen molar-refractivity contribution in [3.05, 3.63) is 34.4 Å². The summed E-state index contributed by atoms with van der Waals surface area (Å²) in [5.74, 6) is 1.10. The molecule has 20 heavy (non-hydrogen) atoms. The maximum atomic E-state index is 4.57. The molecule has 0 aliphatic carbocycles. The van der Waals surface area contributed by atoms with Crippen LogP contribution in [0.1, 0.15) is 30.0 Å². The van der Waals surface area contributed by atoms with Gasteiger partial charge in [0, 0.05) is 24.2 Å². The second-order valence-electron chi connectivity index (χ2n) is 5.19. The molecule has 1 fully saturated rings. The van der Waals surface area contributed by atoms with Crippen molar-refractivity contribution in [1.29, 1.82) is 0 Å². The van der Waals surface area contributed by atoms with E-state index in [-0.39, 0.29) is 0 Å². The number of thiazole rings is 1. The van der Waals surface area contributed by atoms with Crippen molar-refractivity contribution in [1.82, 2.24) is 9.97 Å². The number of rotatable bonds is 4. The van der Waals surface area contributed by atoms with Gasteiger partial charge in [0.15, 0.2) is 0 Å². The van der Waals surface area contributed by atoms with Crippen LogP contribution in [0.3, 0.4) is 0 Å². The summed E-state index contributed by atoms with van der Waals surface area (Å²) in [6.45, 7) is 5.06. The summed E-state index contributed by atoms with van der Waals surface area (Å²) in [4.78, 5) is 11.4. The van der Waals surface area contributed by atoms with Crippen LogP contribution < -0.4 is 10.2 Å². The van der Waals surface area contributed by atoms with Crippen molar-refractivity contribution in [2.75, 3.05) is 23.3 Å². The summed E-state index contributed by atoms with van der Waals surface area (Å²) in [6, 6.07) is 4.22. The van der Waals surface area contributed by atoms with E-state index in [4.69, 9.17) is 0 Å². The van der Waals surface area contributed by atoms with E-state index < -0.39 is 0 Å². The Morgan fingerprint density at radius 3 is 2.75 bits per heavy atom. The average molecular weight is 288 g/mol. The lowest BCUT2D eigenvalue weighted by molar-refractivity contribution is 0.573. The predicted molar refractivity (Wildman–Crippen MR) is 84.5 cm³/mol. The molecule has 0 bridgehead atoms. The molecular weight excluding hydrogens is 268 g/mol. The van der Waals surface area contributed by atoms with E-state index in [0.717, 1.165) is 41.8 Å². The lowest BCUT2D eigenvalue weighted by Gasteiger charge is -2.27. The number of pyridine rings is 1. The van der Waals surface area contributed by atoms with Crippen LogP contribution in [0.25, 0.3) is 0 Å². The molecule has 0 saturated carbocycles. The summed E-state index contributed by atoms with van der Waals surface area (Å²) in [7, 11) is 0. The molecule has 0 spiro atoms. The third-order valence-electron chi connectivity index (χ3n) is 3.54. The Morgan fingerprint density at radius 2 is 2.10 bits per heavy atom. The summed E-state index contributed by atoms with van der Waals surface area (Å²) in [6.07, 6.45) is 5.84. The van der Waals surface area contributed by atoms with Crippen molar-refractivity contribution in [3.8, 4) is 0 Å². The summed E-state index contributed by atoms with van der Waals surface area (Å²) in [5, 5.41) is 6.56. The monoisotopic (exact) mass is 288 g/mol. The number of nitrogens with zero attached hydrogens (tertiary/aromatic N) is 3. The Balaban J connectivity index is 1.58. The van der Waals surface area contributed by atoms with Crippen molar-refractivity contribution < 1.29 is 0 Å². The van der Waals surface area contributed by atoms with E-state index >= 15 is 0 Å². The first-order chi connectivity index (χ1) is 9.81. The summed E-state index contributed by atoms with van der Waals surface area (Å²) >= 11 is 1.69. The Kier molecular flexibility index (Phi) is 4.16. The van der Waals surface area contributed by atoms with Crippen LogP contribution in [0.5, 0.6) is 0 Å². The molecule has 0 atom stereocenters. The smallest absolute Gasteiger partial charge is 0.128 e. The van der Waals surface area contributed by atoms with Crippen LogP contribution in [0, 0.1) is 6.92 Å². The fraction of sp³-hybridized carbons (Fsp3) is 0.467. The van der Waals surface area contributed by atoms with Crippen molar-refractivity contribution in [3.63, 3.8) is 0 Å². The first-order valence-corrected chi connectivity index (χ1v) is 8.05. The van der Waals surface area contributed by atoms with Crippen LogP contribution in [0.2, 0.25) is 0 Å². The van der Waals surface area contributed by atoms with Gasteiger partial charge in [0.25, 0.3) is 0 Å². The first kappa shape index (κ1) is 13.4. The number of aromatic nitrogens is 2. The highest BCUT2D eigenvalue weighted by molar-refractivity contribution is 7.09. The van der Waals surface area contributed by atoms with Gasteiger partial charge in [0.05, 0.1) is 18.4 Å². The quantitative estimate of drug-likeness (QED) is 0.935. The zero-order valence-corrected chi connectivity index (χ0v) is 12.6. The average Bonchev–Trinajstić information content (AvgIpc) is 2.92. The third-order valence-corrected chi connectivity index (χ3v) is 4.50. The van der Waals surface area contributed by atoms with E-state index in [1.165, 1.54) is 19.3 Å². The molecule has 2 aromatic heterocycles. The third kappa shape index (κ3) is 3.28. The zero-order valence-electron chi connectivity index (χ0n) is 11.8. The molecule has 5 heteroatoms. The van der Waals surface area contributed by atoms with E-state index in [2.05, 4.69) is 37.7 Å². The molecule has 4 nitrogen and oxygen atoms in total. The van der Waals surface area contributed by atoms with Crippen LogP contribution in [0.4, 0.5) is 11.5 Å². The van der Waals surface area contributed by atoms with Gasteiger partial charge in [-0.15, -0.1) is 11.3 Å². The minimum absolute atomic E-state index is 0.767. The summed E-state index contributed by atoms with van der Waals surface area (Å²) in [5.41, 5.74) is 2.14. The van der Waals surface area contributed by atoms with Crippen LogP contribution >= 0.6 is 11.3 Å². The molecule has 3 rings (SSSR count). The van der Waals surface area contributed by atoms with Crippen LogP contribution in [-0.2, 0) is 6.54 Å². The SMILES string of the molecule is Cc1csc(CNc2ccc(N3CCCCC3)nc2)n1. The van der Waals surface area contributed by atoms with Gasteiger partial charge >= 0.3 is 0 Å². The van der Waals surface area contributed by atoms with E-state index in [9.17, 15) is 0 Å². The van der Waals surface area contributed by atoms with E-state index in [1.807, 2.05) is 13.1 Å². The minimum atomic E-state index is 0.767. The van der Waals surface area contributed by atoms with Gasteiger partial charge in [0.2, 0.25) is 0 Å². The molecular formula is C15H20N4S. The maximum Gasteiger partial charge on any atom is 0.128 e. The minimum Gasteiger partial charge on any atom is -0.377 e. The van der Waals surface area contributed by atoms with Crippen LogP contribution in [-0.4, -0.2) is 23.1 Å². The van der Waals surface area contributed by atoms with E-state index in [0.29, 0.717) is 0 Å². The molecule has 1 aliphatic rings. The second-order valence-corrected chi connectivity index (χ2v) is 6.13. The molecule has 1 aliphatic heterocycles. The lowest BCUT2D eigenvalue weighted by atomic mass is 10.1. The van der Waals surface area contributed by atoms with Gasteiger partial charge in [-0.25, -0.2) is 9.97 Å². The van der Waals surface area contributed by atoms with E-state index in [1.54, 1.807) is 11.3 Å². The highest BCUT2D eigenvalue weighted by Gasteiger charge is 2.11. The molecule has 0 unspecified atom stereocenters. The molecule has 0 aromatic carbocycles. The Bertz CT molecular complexity index is 543. The van der Waals surface area contributed by atoms with Gasteiger partial charge in [-0.1, -0.05) is 0 Å². The fourth-order valence-corrected chi connectivity index (χ4v) is 3.17. The van der Waals surface area contributed by atoms with Gasteiger partial charge in [0.1, 0.15) is 10.8 Å². The fourth-order valence-electron chi connectivity index (χ4n) is 2.46. The molecule has 0 amide bonds. The summed E-state index contributed by atoms with van der Waals surface area (Å²) < 4.78 is 0. The number of piperidine rings is 1. The van der Waals surface area contributed by atoms with Gasteiger partial charge in [-0.05, 0) is 38.3 Å². The Labute approximate surface area is 123 Å². The first-order valence-electron chi connectivity index (χ1n) is 7.17. The molecule has 0 radical (unpaired) electrons. The normalized spacial score (nSPS) is 15.3. The highest BCUT2D eigenvalue weighted by atomic mass is 32.1. The molecule has 1 saturated heterocycles. The van der Waals surface area contributed by atoms with Gasteiger partial charge < -0.3 is 10.2 Å². The van der Waals surface area contributed by atoms with Crippen LogP contribution in [0.15, 0.2) is 23.7 Å². The molecule has 2 aromatic rings. The molecule has 1 N–H and O–H groups in total. The van der Waals surface area contributed by atoms with Crippen molar-refractivity contribution in [2.24, 2.45) is 0 Å².